The van der Waals surface area contributed by atoms with Crippen molar-refractivity contribution in [2.45, 2.75) is 38.5 Å². The molecule has 0 aromatic heterocycles. The van der Waals surface area contributed by atoms with Crippen molar-refractivity contribution in [2.75, 3.05) is 0 Å². The predicted octanol–water partition coefficient (Wildman–Crippen LogP) is 3.84. The van der Waals surface area contributed by atoms with E-state index in [-0.39, 0.29) is 0 Å². The molecule has 4 aliphatic carbocycles. The van der Waals surface area contributed by atoms with Gasteiger partial charge in [-0.2, -0.15) is 5.26 Å². The Morgan fingerprint density at radius 2 is 1.50 bits per heavy atom. The fraction of sp³-hybridized carbons (Fsp3) is 0.667. The molecule has 4 fully saturated rings. The van der Waals surface area contributed by atoms with Gasteiger partial charge in [-0.3, -0.25) is 0 Å². The highest BCUT2D eigenvalue weighted by molar-refractivity contribution is 5.17. The van der Waals surface area contributed by atoms with Crippen molar-refractivity contribution in [3.8, 4) is 6.07 Å². The molecule has 0 aromatic carbocycles. The second kappa shape index (κ2) is 3.77. The smallest absolute Gasteiger partial charge is 0.0912 e. The Hall–Kier alpha value is -1.03. The highest BCUT2D eigenvalue weighted by Crippen LogP contribution is 2.60. The molecule has 4 bridgehead atoms. The van der Waals surface area contributed by atoms with Crippen LogP contribution in [0.2, 0.25) is 0 Å². The zero-order valence-electron chi connectivity index (χ0n) is 9.73. The summed E-state index contributed by atoms with van der Waals surface area (Å²) in [7, 11) is 0. The van der Waals surface area contributed by atoms with Gasteiger partial charge < -0.3 is 0 Å². The molecule has 0 radical (unpaired) electrons. The van der Waals surface area contributed by atoms with Gasteiger partial charge in [0.05, 0.1) is 6.07 Å². The van der Waals surface area contributed by atoms with E-state index in [0.717, 1.165) is 17.8 Å². The molecule has 4 rings (SSSR count). The summed E-state index contributed by atoms with van der Waals surface area (Å²) in [6.07, 6.45) is 16.7. The molecule has 4 aliphatic rings. The molecule has 4 saturated carbocycles. The molecule has 0 aliphatic heterocycles. The minimum absolute atomic E-state index is 0.508. The maximum absolute atomic E-state index is 8.46. The fourth-order valence-electron chi connectivity index (χ4n) is 4.74. The van der Waals surface area contributed by atoms with Crippen LogP contribution in [0.3, 0.4) is 0 Å². The maximum Gasteiger partial charge on any atom is 0.0912 e. The Labute approximate surface area is 97.8 Å². The molecule has 0 atom stereocenters. The van der Waals surface area contributed by atoms with Crippen molar-refractivity contribution in [1.29, 1.82) is 5.26 Å². The zero-order valence-corrected chi connectivity index (χ0v) is 9.73. The molecule has 0 heterocycles. The number of hydrogen-bond donors (Lipinski definition) is 0. The molecular weight excluding hydrogens is 194 g/mol. The van der Waals surface area contributed by atoms with Gasteiger partial charge in [0.15, 0.2) is 0 Å². The number of nitriles is 1. The standard InChI is InChI=1S/C15H19N/c16-5-3-1-2-4-15-9-12-6-13(10-15)8-14(7-12)11-15/h1-4,12-14H,6-11H2/b3-1+,4-2+. The highest BCUT2D eigenvalue weighted by atomic mass is 14.5. The Balaban J connectivity index is 1.76. The number of rotatable bonds is 2. The van der Waals surface area contributed by atoms with E-state index < -0.39 is 0 Å². The van der Waals surface area contributed by atoms with Gasteiger partial charge in [0.1, 0.15) is 0 Å². The maximum atomic E-state index is 8.46. The van der Waals surface area contributed by atoms with Gasteiger partial charge in [-0.25, -0.2) is 0 Å². The van der Waals surface area contributed by atoms with Crippen LogP contribution in [-0.2, 0) is 0 Å². The van der Waals surface area contributed by atoms with Gasteiger partial charge in [0, 0.05) is 6.08 Å². The summed E-state index contributed by atoms with van der Waals surface area (Å²) in [5.41, 5.74) is 0.508. The first kappa shape index (κ1) is 10.1. The van der Waals surface area contributed by atoms with Crippen LogP contribution < -0.4 is 0 Å². The van der Waals surface area contributed by atoms with Crippen molar-refractivity contribution in [1.82, 2.24) is 0 Å². The Bertz CT molecular complexity index is 334. The zero-order chi connectivity index (χ0) is 11.0. The second-order valence-electron chi connectivity index (χ2n) is 6.13. The van der Waals surface area contributed by atoms with E-state index in [1.54, 1.807) is 6.08 Å². The second-order valence-corrected chi connectivity index (χ2v) is 6.13. The topological polar surface area (TPSA) is 23.8 Å². The van der Waals surface area contributed by atoms with Gasteiger partial charge >= 0.3 is 0 Å². The van der Waals surface area contributed by atoms with E-state index >= 15 is 0 Å². The first-order valence-electron chi connectivity index (χ1n) is 6.54. The quantitative estimate of drug-likeness (QED) is 0.505. The first-order valence-corrected chi connectivity index (χ1v) is 6.54. The van der Waals surface area contributed by atoms with Crippen LogP contribution in [0, 0.1) is 34.5 Å². The number of allylic oxidation sites excluding steroid dienone is 4. The number of hydrogen-bond acceptors (Lipinski definition) is 1. The summed E-state index contributed by atoms with van der Waals surface area (Å²) in [5.74, 6) is 3.03. The summed E-state index contributed by atoms with van der Waals surface area (Å²) < 4.78 is 0. The fourth-order valence-corrected chi connectivity index (χ4v) is 4.74. The van der Waals surface area contributed by atoms with Crippen molar-refractivity contribution >= 4 is 0 Å². The largest absolute Gasteiger partial charge is 0.193 e. The van der Waals surface area contributed by atoms with Crippen LogP contribution in [0.1, 0.15) is 38.5 Å². The van der Waals surface area contributed by atoms with Crippen molar-refractivity contribution in [3.05, 3.63) is 24.3 Å². The van der Waals surface area contributed by atoms with Crippen LogP contribution in [0.25, 0.3) is 0 Å². The molecule has 1 heteroatoms. The van der Waals surface area contributed by atoms with Gasteiger partial charge in [-0.1, -0.05) is 18.2 Å². The molecule has 0 N–H and O–H groups in total. The summed E-state index contributed by atoms with van der Waals surface area (Å²) in [5, 5.41) is 8.46. The van der Waals surface area contributed by atoms with Crippen molar-refractivity contribution in [2.24, 2.45) is 23.2 Å². The Kier molecular flexibility index (Phi) is 2.39. The van der Waals surface area contributed by atoms with E-state index in [4.69, 9.17) is 5.26 Å². The molecule has 16 heavy (non-hydrogen) atoms. The lowest BCUT2D eigenvalue weighted by molar-refractivity contribution is -0.0237. The van der Waals surface area contributed by atoms with E-state index in [9.17, 15) is 0 Å². The molecule has 0 amide bonds. The van der Waals surface area contributed by atoms with E-state index in [1.165, 1.54) is 38.5 Å². The van der Waals surface area contributed by atoms with E-state index in [1.807, 2.05) is 12.1 Å². The molecule has 0 saturated heterocycles. The lowest BCUT2D eigenvalue weighted by atomic mass is 9.49. The predicted molar refractivity (Wildman–Crippen MR) is 64.5 cm³/mol. The van der Waals surface area contributed by atoms with Crippen molar-refractivity contribution < 1.29 is 0 Å². The molecule has 0 unspecified atom stereocenters. The van der Waals surface area contributed by atoms with Gasteiger partial charge in [-0.15, -0.1) is 0 Å². The normalized spacial score (nSPS) is 45.6. The average Bonchev–Trinajstić information content (AvgIpc) is 2.22. The monoisotopic (exact) mass is 213 g/mol. The van der Waals surface area contributed by atoms with Crippen LogP contribution in [-0.4, -0.2) is 0 Å². The SMILES string of the molecule is N#C/C=C/C=C/C12CC3CC(CC(C3)C1)C2. The highest BCUT2D eigenvalue weighted by Gasteiger charge is 2.49. The van der Waals surface area contributed by atoms with Gasteiger partial charge in [-0.05, 0) is 61.7 Å². The molecule has 0 spiro atoms. The van der Waals surface area contributed by atoms with Crippen molar-refractivity contribution in [3.63, 3.8) is 0 Å². The van der Waals surface area contributed by atoms with Crippen LogP contribution >= 0.6 is 0 Å². The van der Waals surface area contributed by atoms with Crippen LogP contribution in [0.5, 0.6) is 0 Å². The average molecular weight is 213 g/mol. The summed E-state index contributed by atoms with van der Waals surface area (Å²) in [4.78, 5) is 0. The summed E-state index contributed by atoms with van der Waals surface area (Å²) >= 11 is 0. The lowest BCUT2D eigenvalue weighted by Crippen LogP contribution is -2.44. The van der Waals surface area contributed by atoms with E-state index in [0.29, 0.717) is 5.41 Å². The third kappa shape index (κ3) is 1.71. The minimum atomic E-state index is 0.508. The van der Waals surface area contributed by atoms with Gasteiger partial charge in [0.2, 0.25) is 0 Å². The Morgan fingerprint density at radius 3 is 2.00 bits per heavy atom. The van der Waals surface area contributed by atoms with Crippen LogP contribution in [0.4, 0.5) is 0 Å². The van der Waals surface area contributed by atoms with Gasteiger partial charge in [0.25, 0.3) is 0 Å². The molecule has 1 nitrogen and oxygen atoms in total. The van der Waals surface area contributed by atoms with E-state index in [2.05, 4.69) is 12.2 Å². The molecule has 84 valence electrons. The summed E-state index contributed by atoms with van der Waals surface area (Å²) in [6, 6.07) is 2.04. The lowest BCUT2D eigenvalue weighted by Gasteiger charge is -2.55. The third-order valence-electron chi connectivity index (χ3n) is 4.82. The first-order chi connectivity index (χ1) is 7.80. The Morgan fingerprint density at radius 1 is 0.938 bits per heavy atom. The van der Waals surface area contributed by atoms with Crippen LogP contribution in [0.15, 0.2) is 24.3 Å². The minimum Gasteiger partial charge on any atom is -0.193 e. The summed E-state index contributed by atoms with van der Waals surface area (Å²) in [6.45, 7) is 0. The number of nitrogens with zero attached hydrogens (tertiary/aromatic N) is 1. The molecular formula is C15H19N. The molecule has 0 aromatic rings. The third-order valence-corrected chi connectivity index (χ3v) is 4.82.